The first-order valence-corrected chi connectivity index (χ1v) is 7.58. The molecule has 112 valence electrons. The molecule has 0 spiro atoms. The van der Waals surface area contributed by atoms with Crippen LogP contribution in [0.4, 0.5) is 13.2 Å². The minimum absolute atomic E-state index is 0.0783. The van der Waals surface area contributed by atoms with Gasteiger partial charge in [-0.05, 0) is 31.6 Å². The number of nitrogens with zero attached hydrogens (tertiary/aromatic N) is 1. The van der Waals surface area contributed by atoms with Crippen molar-refractivity contribution in [1.82, 2.24) is 9.97 Å². The van der Waals surface area contributed by atoms with Crippen LogP contribution in [0.25, 0.3) is 0 Å². The predicted octanol–water partition coefficient (Wildman–Crippen LogP) is 4.37. The van der Waals surface area contributed by atoms with Gasteiger partial charge in [0.05, 0.1) is 11.6 Å². The van der Waals surface area contributed by atoms with Crippen molar-refractivity contribution in [3.05, 3.63) is 17.2 Å². The molecule has 1 aromatic rings. The van der Waals surface area contributed by atoms with Gasteiger partial charge in [0.25, 0.3) is 0 Å². The van der Waals surface area contributed by atoms with Crippen LogP contribution in [0.1, 0.15) is 62.2 Å². The van der Waals surface area contributed by atoms with E-state index in [1.807, 2.05) is 0 Å². The molecule has 3 rings (SSSR count). The molecule has 0 amide bonds. The van der Waals surface area contributed by atoms with E-state index in [1.54, 1.807) is 0 Å². The molecule has 0 aliphatic heterocycles. The topological polar surface area (TPSA) is 28.7 Å². The van der Waals surface area contributed by atoms with Crippen LogP contribution in [0.5, 0.6) is 0 Å². The number of halogens is 3. The fraction of sp³-hybridized carbons (Fsp3) is 0.800. The number of hydrogen-bond acceptors (Lipinski definition) is 1. The molecule has 1 heterocycles. The van der Waals surface area contributed by atoms with Crippen molar-refractivity contribution >= 4 is 0 Å². The maximum absolute atomic E-state index is 12.8. The third kappa shape index (κ3) is 2.72. The van der Waals surface area contributed by atoms with Crippen molar-refractivity contribution < 1.29 is 13.2 Å². The molecule has 0 aromatic carbocycles. The zero-order valence-corrected chi connectivity index (χ0v) is 11.8. The van der Waals surface area contributed by atoms with E-state index in [2.05, 4.69) is 16.9 Å². The van der Waals surface area contributed by atoms with Crippen molar-refractivity contribution in [2.75, 3.05) is 0 Å². The molecule has 5 heteroatoms. The standard InChI is InChI=1S/C15H21F3N2/c1-9-2-4-10(5-3-9)14-19-12-7-6-11(15(16,17)18)8-13(12)20-14/h9-11H,2-8H2,1H3,(H,19,20). The molecular weight excluding hydrogens is 265 g/mol. The summed E-state index contributed by atoms with van der Waals surface area (Å²) in [6, 6.07) is 0. The third-order valence-electron chi connectivity index (χ3n) is 4.93. The highest BCUT2D eigenvalue weighted by Gasteiger charge is 2.42. The van der Waals surface area contributed by atoms with Crippen molar-refractivity contribution in [2.24, 2.45) is 11.8 Å². The predicted molar refractivity (Wildman–Crippen MR) is 70.5 cm³/mol. The first-order chi connectivity index (χ1) is 9.43. The second-order valence-electron chi connectivity index (χ2n) is 6.49. The summed E-state index contributed by atoms with van der Waals surface area (Å²) in [7, 11) is 0. The zero-order chi connectivity index (χ0) is 14.3. The highest BCUT2D eigenvalue weighted by molar-refractivity contribution is 5.21. The van der Waals surface area contributed by atoms with Crippen LogP contribution in [0, 0.1) is 11.8 Å². The zero-order valence-electron chi connectivity index (χ0n) is 11.8. The molecular formula is C15H21F3N2. The van der Waals surface area contributed by atoms with Gasteiger partial charge >= 0.3 is 6.18 Å². The van der Waals surface area contributed by atoms with Gasteiger partial charge in [0.1, 0.15) is 5.82 Å². The summed E-state index contributed by atoms with van der Waals surface area (Å²) in [4.78, 5) is 7.80. The second kappa shape index (κ2) is 5.08. The van der Waals surface area contributed by atoms with Crippen molar-refractivity contribution in [3.8, 4) is 0 Å². The number of aromatic nitrogens is 2. The average Bonchev–Trinajstić information content (AvgIpc) is 2.81. The van der Waals surface area contributed by atoms with Crippen LogP contribution < -0.4 is 0 Å². The summed E-state index contributed by atoms with van der Waals surface area (Å²) < 4.78 is 38.4. The lowest BCUT2D eigenvalue weighted by molar-refractivity contribution is -0.177. The van der Waals surface area contributed by atoms with Gasteiger partial charge in [0.15, 0.2) is 0 Å². The van der Waals surface area contributed by atoms with Crippen LogP contribution in [0.3, 0.4) is 0 Å². The Labute approximate surface area is 117 Å². The number of alkyl halides is 3. The Hall–Kier alpha value is -1.00. The molecule has 0 saturated heterocycles. The number of fused-ring (bicyclic) bond motifs is 1. The van der Waals surface area contributed by atoms with Gasteiger partial charge in [-0.1, -0.05) is 19.8 Å². The van der Waals surface area contributed by atoms with E-state index in [0.717, 1.165) is 36.0 Å². The lowest BCUT2D eigenvalue weighted by Crippen LogP contribution is -2.28. The number of rotatable bonds is 1. The Kier molecular flexibility index (Phi) is 3.55. The maximum Gasteiger partial charge on any atom is 0.392 e. The van der Waals surface area contributed by atoms with Crippen molar-refractivity contribution in [1.29, 1.82) is 0 Å². The Morgan fingerprint density at radius 3 is 2.45 bits per heavy atom. The summed E-state index contributed by atoms with van der Waals surface area (Å²) >= 11 is 0. The number of H-pyrrole nitrogens is 1. The molecule has 2 nitrogen and oxygen atoms in total. The summed E-state index contributed by atoms with van der Waals surface area (Å²) in [5.41, 5.74) is 1.60. The average molecular weight is 286 g/mol. The Morgan fingerprint density at radius 2 is 1.80 bits per heavy atom. The van der Waals surface area contributed by atoms with E-state index in [9.17, 15) is 13.2 Å². The fourth-order valence-electron chi connectivity index (χ4n) is 3.51. The van der Waals surface area contributed by atoms with Crippen LogP contribution in [-0.2, 0) is 12.8 Å². The minimum atomic E-state index is -4.08. The minimum Gasteiger partial charge on any atom is -0.345 e. The second-order valence-corrected chi connectivity index (χ2v) is 6.49. The molecule has 1 atom stereocenters. The SMILES string of the molecule is CC1CCC(c2nc3c([nH]2)CC(C(F)(F)F)CC3)CC1. The largest absolute Gasteiger partial charge is 0.392 e. The van der Waals surface area contributed by atoms with Crippen molar-refractivity contribution in [3.63, 3.8) is 0 Å². The smallest absolute Gasteiger partial charge is 0.345 e. The monoisotopic (exact) mass is 286 g/mol. The fourth-order valence-corrected chi connectivity index (χ4v) is 3.51. The molecule has 1 aromatic heterocycles. The van der Waals surface area contributed by atoms with Gasteiger partial charge < -0.3 is 4.98 Å². The lowest BCUT2D eigenvalue weighted by Gasteiger charge is -2.24. The number of hydrogen-bond donors (Lipinski definition) is 1. The van der Waals surface area contributed by atoms with Crippen LogP contribution in [0.15, 0.2) is 0 Å². The number of nitrogens with one attached hydrogen (secondary N) is 1. The highest BCUT2D eigenvalue weighted by atomic mass is 19.4. The van der Waals surface area contributed by atoms with E-state index in [0.29, 0.717) is 12.3 Å². The van der Waals surface area contributed by atoms with Gasteiger partial charge in [-0.25, -0.2) is 4.98 Å². The van der Waals surface area contributed by atoms with E-state index >= 15 is 0 Å². The molecule has 2 aliphatic carbocycles. The maximum atomic E-state index is 12.8. The quantitative estimate of drug-likeness (QED) is 0.816. The van der Waals surface area contributed by atoms with Crippen molar-refractivity contribution in [2.45, 2.75) is 64.0 Å². The molecule has 0 radical (unpaired) electrons. The molecule has 0 bridgehead atoms. The van der Waals surface area contributed by atoms with E-state index in [-0.39, 0.29) is 12.8 Å². The van der Waals surface area contributed by atoms with E-state index < -0.39 is 12.1 Å². The Bertz CT molecular complexity index is 470. The summed E-state index contributed by atoms with van der Waals surface area (Å²) in [5, 5.41) is 0. The Balaban J connectivity index is 1.73. The molecule has 1 unspecified atom stereocenters. The summed E-state index contributed by atoms with van der Waals surface area (Å²) in [6.45, 7) is 2.26. The first kappa shape index (κ1) is 14.0. The first-order valence-electron chi connectivity index (χ1n) is 7.58. The normalized spacial score (nSPS) is 31.1. The lowest BCUT2D eigenvalue weighted by atomic mass is 9.83. The van der Waals surface area contributed by atoms with Gasteiger partial charge in [0.2, 0.25) is 0 Å². The molecule has 1 fully saturated rings. The molecule has 2 aliphatic rings. The molecule has 1 N–H and O–H groups in total. The van der Waals surface area contributed by atoms with E-state index in [4.69, 9.17) is 0 Å². The highest BCUT2D eigenvalue weighted by Crippen LogP contribution is 2.39. The number of aryl methyl sites for hydroxylation is 1. The van der Waals surface area contributed by atoms with Gasteiger partial charge in [-0.3, -0.25) is 0 Å². The third-order valence-corrected chi connectivity index (χ3v) is 4.93. The van der Waals surface area contributed by atoms with Gasteiger partial charge in [-0.2, -0.15) is 13.2 Å². The van der Waals surface area contributed by atoms with E-state index in [1.165, 1.54) is 12.8 Å². The number of imidazole rings is 1. The van der Waals surface area contributed by atoms with Gasteiger partial charge in [0, 0.05) is 18.0 Å². The molecule has 1 saturated carbocycles. The summed E-state index contributed by atoms with van der Waals surface area (Å²) in [6.07, 6.45) is 1.24. The summed E-state index contributed by atoms with van der Waals surface area (Å²) in [5.74, 6) is 0.922. The Morgan fingerprint density at radius 1 is 1.10 bits per heavy atom. The van der Waals surface area contributed by atoms with Crippen LogP contribution in [-0.4, -0.2) is 16.1 Å². The van der Waals surface area contributed by atoms with Crippen LogP contribution >= 0.6 is 0 Å². The van der Waals surface area contributed by atoms with Crippen LogP contribution in [0.2, 0.25) is 0 Å². The van der Waals surface area contributed by atoms with Gasteiger partial charge in [-0.15, -0.1) is 0 Å². The number of aromatic amines is 1. The molecule has 20 heavy (non-hydrogen) atoms.